The largest absolute Gasteiger partial charge is 0.481 e. The van der Waals surface area contributed by atoms with Crippen LogP contribution in [0.4, 0.5) is 0 Å². The van der Waals surface area contributed by atoms with E-state index in [1.165, 1.54) is 0 Å². The van der Waals surface area contributed by atoms with Gasteiger partial charge in [0.1, 0.15) is 0 Å². The number of aryl methyl sites for hydroxylation is 1. The number of aromatic nitrogens is 4. The highest BCUT2D eigenvalue weighted by molar-refractivity contribution is 5.67. The molecule has 1 aromatic rings. The molecule has 0 aliphatic heterocycles. The summed E-state index contributed by atoms with van der Waals surface area (Å²) >= 11 is 0. The van der Waals surface area contributed by atoms with Crippen molar-refractivity contribution in [3.05, 3.63) is 5.82 Å². The van der Waals surface area contributed by atoms with E-state index < -0.39 is 5.97 Å². The summed E-state index contributed by atoms with van der Waals surface area (Å²) in [6.07, 6.45) is 4.18. The number of hydrogen-bond acceptors (Lipinski definition) is 4. The molecule has 6 heteroatoms. The molecular weight excluding hydrogens is 232 g/mol. The Bertz CT molecular complexity index is 376. The second-order valence-corrected chi connectivity index (χ2v) is 4.91. The Labute approximate surface area is 107 Å². The highest BCUT2D eigenvalue weighted by atomic mass is 16.4. The molecule has 0 bridgehead atoms. The van der Waals surface area contributed by atoms with Crippen LogP contribution in [-0.2, 0) is 11.2 Å². The first kappa shape index (κ1) is 14.6. The van der Waals surface area contributed by atoms with Gasteiger partial charge in [-0.1, -0.05) is 33.6 Å². The van der Waals surface area contributed by atoms with Crippen molar-refractivity contribution >= 4 is 5.97 Å². The number of unbranched alkanes of at least 4 members (excludes halogenated alkanes) is 2. The van der Waals surface area contributed by atoms with Crippen LogP contribution in [0.5, 0.6) is 0 Å². The topological polar surface area (TPSA) is 80.9 Å². The van der Waals surface area contributed by atoms with E-state index in [-0.39, 0.29) is 18.4 Å². The van der Waals surface area contributed by atoms with E-state index >= 15 is 0 Å². The standard InChI is InChI=1S/C12H22N4O2/c1-4-5-6-7-11-13-14-15-16(11)10(9(2)3)8-12(17)18/h9-10H,4-8H2,1-3H3,(H,17,18). The SMILES string of the molecule is CCCCCc1nnnn1C(CC(=O)O)C(C)C. The molecule has 6 nitrogen and oxygen atoms in total. The number of aliphatic carboxylic acids is 1. The molecule has 0 radical (unpaired) electrons. The first-order chi connectivity index (χ1) is 8.56. The summed E-state index contributed by atoms with van der Waals surface area (Å²) in [7, 11) is 0. The highest BCUT2D eigenvalue weighted by Crippen LogP contribution is 2.22. The molecule has 0 saturated carbocycles. The van der Waals surface area contributed by atoms with E-state index in [1.54, 1.807) is 4.68 Å². The van der Waals surface area contributed by atoms with Gasteiger partial charge >= 0.3 is 5.97 Å². The zero-order valence-corrected chi connectivity index (χ0v) is 11.3. The van der Waals surface area contributed by atoms with Gasteiger partial charge in [-0.25, -0.2) is 4.68 Å². The number of nitrogens with zero attached hydrogens (tertiary/aromatic N) is 4. The van der Waals surface area contributed by atoms with Gasteiger partial charge in [0.15, 0.2) is 5.82 Å². The normalized spacial score (nSPS) is 12.9. The summed E-state index contributed by atoms with van der Waals surface area (Å²) in [5.74, 6) is 0.168. The van der Waals surface area contributed by atoms with Gasteiger partial charge in [-0.15, -0.1) is 5.10 Å². The molecule has 1 heterocycles. The number of hydrogen-bond donors (Lipinski definition) is 1. The first-order valence-electron chi connectivity index (χ1n) is 6.54. The maximum Gasteiger partial charge on any atom is 0.305 e. The average Bonchev–Trinajstić information content (AvgIpc) is 2.74. The summed E-state index contributed by atoms with van der Waals surface area (Å²) in [5, 5.41) is 20.6. The predicted octanol–water partition coefficient (Wildman–Crippen LogP) is 2.08. The van der Waals surface area contributed by atoms with Gasteiger partial charge in [0.05, 0.1) is 12.5 Å². The molecule has 0 aliphatic carbocycles. The molecular formula is C12H22N4O2. The first-order valence-corrected chi connectivity index (χ1v) is 6.54. The van der Waals surface area contributed by atoms with E-state index in [0.29, 0.717) is 0 Å². The fourth-order valence-corrected chi connectivity index (χ4v) is 1.95. The van der Waals surface area contributed by atoms with Gasteiger partial charge < -0.3 is 5.11 Å². The zero-order valence-electron chi connectivity index (χ0n) is 11.3. The van der Waals surface area contributed by atoms with Gasteiger partial charge in [0.25, 0.3) is 0 Å². The molecule has 18 heavy (non-hydrogen) atoms. The van der Waals surface area contributed by atoms with Crippen molar-refractivity contribution in [3.63, 3.8) is 0 Å². The Hall–Kier alpha value is -1.46. The monoisotopic (exact) mass is 254 g/mol. The molecule has 102 valence electrons. The molecule has 0 aliphatic rings. The Morgan fingerprint density at radius 2 is 2.11 bits per heavy atom. The Kier molecular flexibility index (Phi) is 5.74. The third kappa shape index (κ3) is 4.09. The molecule has 0 spiro atoms. The minimum Gasteiger partial charge on any atom is -0.481 e. The van der Waals surface area contributed by atoms with Crippen LogP contribution in [0.3, 0.4) is 0 Å². The van der Waals surface area contributed by atoms with Crippen LogP contribution in [-0.4, -0.2) is 31.3 Å². The van der Waals surface area contributed by atoms with Crippen LogP contribution in [0.25, 0.3) is 0 Å². The minimum atomic E-state index is -0.816. The third-order valence-corrected chi connectivity index (χ3v) is 3.03. The fraction of sp³-hybridized carbons (Fsp3) is 0.833. The Morgan fingerprint density at radius 1 is 1.39 bits per heavy atom. The van der Waals surface area contributed by atoms with Gasteiger partial charge in [-0.3, -0.25) is 4.79 Å². The lowest BCUT2D eigenvalue weighted by atomic mass is 10.0. The van der Waals surface area contributed by atoms with E-state index in [1.807, 2.05) is 13.8 Å². The van der Waals surface area contributed by atoms with Crippen molar-refractivity contribution in [1.82, 2.24) is 20.2 Å². The van der Waals surface area contributed by atoms with Crippen molar-refractivity contribution in [2.24, 2.45) is 5.92 Å². The molecule has 1 unspecified atom stereocenters. The predicted molar refractivity (Wildman–Crippen MR) is 67.2 cm³/mol. The maximum atomic E-state index is 10.9. The lowest BCUT2D eigenvalue weighted by Crippen LogP contribution is -2.22. The summed E-state index contributed by atoms with van der Waals surface area (Å²) in [4.78, 5) is 10.9. The van der Waals surface area contributed by atoms with Crippen molar-refractivity contribution in [3.8, 4) is 0 Å². The molecule has 0 fully saturated rings. The van der Waals surface area contributed by atoms with E-state index in [4.69, 9.17) is 5.11 Å². The quantitative estimate of drug-likeness (QED) is 0.718. The Balaban J connectivity index is 2.78. The molecule has 0 saturated heterocycles. The van der Waals surface area contributed by atoms with Crippen LogP contribution < -0.4 is 0 Å². The zero-order chi connectivity index (χ0) is 13.5. The molecule has 1 N–H and O–H groups in total. The number of carboxylic acids is 1. The lowest BCUT2D eigenvalue weighted by molar-refractivity contribution is -0.138. The number of rotatable bonds is 8. The van der Waals surface area contributed by atoms with E-state index in [2.05, 4.69) is 22.4 Å². The second-order valence-electron chi connectivity index (χ2n) is 4.91. The molecule has 1 rings (SSSR count). The number of carbonyl (C=O) groups is 1. The van der Waals surface area contributed by atoms with Gasteiger partial charge in [0, 0.05) is 6.42 Å². The van der Waals surface area contributed by atoms with Gasteiger partial charge in [-0.2, -0.15) is 0 Å². The van der Waals surface area contributed by atoms with Crippen LogP contribution >= 0.6 is 0 Å². The van der Waals surface area contributed by atoms with Crippen molar-refractivity contribution in [2.45, 2.75) is 58.9 Å². The molecule has 1 aromatic heterocycles. The van der Waals surface area contributed by atoms with Crippen molar-refractivity contribution in [1.29, 1.82) is 0 Å². The van der Waals surface area contributed by atoms with Crippen LogP contribution in [0.15, 0.2) is 0 Å². The summed E-state index contributed by atoms with van der Waals surface area (Å²) < 4.78 is 1.69. The van der Waals surface area contributed by atoms with Crippen LogP contribution in [0.2, 0.25) is 0 Å². The molecule has 0 aromatic carbocycles. The van der Waals surface area contributed by atoms with Gasteiger partial charge in [0.2, 0.25) is 0 Å². The number of carboxylic acid groups (broad SMARTS) is 1. The number of tetrazole rings is 1. The average molecular weight is 254 g/mol. The van der Waals surface area contributed by atoms with Crippen LogP contribution in [0.1, 0.15) is 58.3 Å². The summed E-state index contributed by atoms with van der Waals surface area (Å²) in [5.41, 5.74) is 0. The second kappa shape index (κ2) is 7.08. The minimum absolute atomic E-state index is 0.0590. The maximum absolute atomic E-state index is 10.9. The fourth-order valence-electron chi connectivity index (χ4n) is 1.95. The van der Waals surface area contributed by atoms with Crippen molar-refractivity contribution < 1.29 is 9.90 Å². The summed E-state index contributed by atoms with van der Waals surface area (Å²) in [6.45, 7) is 6.13. The molecule has 0 amide bonds. The lowest BCUT2D eigenvalue weighted by Gasteiger charge is -2.20. The third-order valence-electron chi connectivity index (χ3n) is 3.03. The molecule has 1 atom stereocenters. The van der Waals surface area contributed by atoms with Crippen LogP contribution in [0, 0.1) is 5.92 Å². The smallest absolute Gasteiger partial charge is 0.305 e. The van der Waals surface area contributed by atoms with Crippen molar-refractivity contribution in [2.75, 3.05) is 0 Å². The van der Waals surface area contributed by atoms with Gasteiger partial charge in [-0.05, 0) is 22.8 Å². The Morgan fingerprint density at radius 3 is 2.67 bits per heavy atom. The highest BCUT2D eigenvalue weighted by Gasteiger charge is 2.23. The van der Waals surface area contributed by atoms with E-state index in [0.717, 1.165) is 31.5 Å². The summed E-state index contributed by atoms with van der Waals surface area (Å²) in [6, 6.07) is -0.172. The van der Waals surface area contributed by atoms with E-state index in [9.17, 15) is 4.79 Å².